The molecule has 0 radical (unpaired) electrons. The number of carbonyl (C=O) groups is 2. The van der Waals surface area contributed by atoms with E-state index < -0.39 is 0 Å². The fourth-order valence-electron chi connectivity index (χ4n) is 5.50. The van der Waals surface area contributed by atoms with Crippen molar-refractivity contribution in [2.75, 3.05) is 69.2 Å². The van der Waals surface area contributed by atoms with Gasteiger partial charge >= 0.3 is 6.03 Å². The van der Waals surface area contributed by atoms with E-state index in [4.69, 9.17) is 27.9 Å². The van der Waals surface area contributed by atoms with Crippen LogP contribution in [0.25, 0.3) is 0 Å². The molecule has 0 atom stereocenters. The minimum absolute atomic E-state index is 0.0454. The number of hydrogen-bond acceptors (Lipinski definition) is 5. The second-order valence-electron chi connectivity index (χ2n) is 10.6. The summed E-state index contributed by atoms with van der Waals surface area (Å²) in [6.07, 6.45) is 4.44. The maximum absolute atomic E-state index is 13.0. The van der Waals surface area contributed by atoms with Gasteiger partial charge in [0, 0.05) is 63.7 Å². The van der Waals surface area contributed by atoms with E-state index in [0.717, 1.165) is 56.9 Å². The minimum atomic E-state index is -0.206. The third-order valence-corrected chi connectivity index (χ3v) is 8.49. The Kier molecular flexibility index (Phi) is 9.50. The monoisotopic (exact) mass is 573 g/mol. The number of rotatable bonds is 7. The molecule has 3 aliphatic heterocycles. The van der Waals surface area contributed by atoms with Crippen LogP contribution in [0.4, 0.5) is 16.2 Å². The van der Waals surface area contributed by atoms with Crippen LogP contribution < -0.4 is 15.5 Å². The first-order valence-corrected chi connectivity index (χ1v) is 14.7. The Morgan fingerprint density at radius 1 is 0.897 bits per heavy atom. The lowest BCUT2D eigenvalue weighted by molar-refractivity contribution is 0.0642. The van der Waals surface area contributed by atoms with E-state index in [2.05, 4.69) is 20.4 Å². The average Bonchev–Trinajstić information content (AvgIpc) is 3.47. The van der Waals surface area contributed by atoms with Crippen molar-refractivity contribution in [2.45, 2.75) is 32.2 Å². The lowest BCUT2D eigenvalue weighted by Crippen LogP contribution is -2.50. The number of halogens is 2. The number of carbonyl (C=O) groups excluding carboxylic acids is 2. The molecule has 210 valence electrons. The van der Waals surface area contributed by atoms with Gasteiger partial charge in [0.25, 0.3) is 5.91 Å². The Morgan fingerprint density at radius 3 is 2.18 bits per heavy atom. The number of likely N-dealkylation sites (tertiary alicyclic amines) is 1. The number of hydrogen-bond donors (Lipinski definition) is 2. The van der Waals surface area contributed by atoms with Gasteiger partial charge in [0.05, 0.1) is 15.7 Å². The molecule has 0 aliphatic carbocycles. The lowest BCUT2D eigenvalue weighted by Gasteiger charge is -2.36. The molecule has 8 nitrogen and oxygen atoms in total. The number of benzene rings is 2. The van der Waals surface area contributed by atoms with Crippen molar-refractivity contribution in [2.24, 2.45) is 5.92 Å². The van der Waals surface area contributed by atoms with Gasteiger partial charge in [0.15, 0.2) is 0 Å². The van der Waals surface area contributed by atoms with Gasteiger partial charge in [-0.1, -0.05) is 23.2 Å². The van der Waals surface area contributed by atoms with Gasteiger partial charge in [-0.25, -0.2) is 4.79 Å². The lowest BCUT2D eigenvalue weighted by atomic mass is 10.0. The fraction of sp³-hybridized carbons (Fsp3) is 0.517. The SMILES string of the molecule is O=C(NCC1CCOCC1)c1ccc(N2CCN(C(=O)Nc3c(Cl)cc(CN4CCCC4)cc3Cl)CC2)cc1. The fourth-order valence-corrected chi connectivity index (χ4v) is 6.13. The standard InChI is InChI=1S/C29H37Cl2N5O3/c30-25-17-22(20-34-9-1-2-10-34)18-26(31)27(25)33-29(38)36-13-11-35(12-14-36)24-5-3-23(4-6-24)28(37)32-19-21-7-15-39-16-8-21/h3-6,17-18,21H,1-2,7-16,19-20H2,(H,32,37)(H,33,38). The van der Waals surface area contributed by atoms with E-state index in [0.29, 0.717) is 59.9 Å². The summed E-state index contributed by atoms with van der Waals surface area (Å²) in [6.45, 7) is 7.77. The molecule has 0 saturated carbocycles. The number of nitrogens with one attached hydrogen (secondary N) is 2. The number of amides is 3. The summed E-state index contributed by atoms with van der Waals surface area (Å²) >= 11 is 13.0. The largest absolute Gasteiger partial charge is 0.381 e. The van der Waals surface area contributed by atoms with Crippen LogP contribution in [0.2, 0.25) is 10.0 Å². The summed E-state index contributed by atoms with van der Waals surface area (Å²) in [5.74, 6) is 0.442. The number of anilines is 2. The molecule has 5 rings (SSSR count). The van der Waals surface area contributed by atoms with Gasteiger partial charge in [-0.3, -0.25) is 9.69 Å². The zero-order chi connectivity index (χ0) is 27.2. The zero-order valence-corrected chi connectivity index (χ0v) is 23.8. The number of urea groups is 1. The topological polar surface area (TPSA) is 77.1 Å². The van der Waals surface area contributed by atoms with Gasteiger partial charge in [-0.2, -0.15) is 0 Å². The maximum atomic E-state index is 13.0. The first-order valence-electron chi connectivity index (χ1n) is 13.9. The van der Waals surface area contributed by atoms with E-state index in [9.17, 15) is 9.59 Å². The van der Waals surface area contributed by atoms with E-state index in [1.165, 1.54) is 12.8 Å². The smallest absolute Gasteiger partial charge is 0.322 e. The summed E-state index contributed by atoms with van der Waals surface area (Å²) in [4.78, 5) is 31.9. The highest BCUT2D eigenvalue weighted by Gasteiger charge is 2.24. The molecule has 3 amide bonds. The molecule has 0 spiro atoms. The quantitative estimate of drug-likeness (QED) is 0.482. The van der Waals surface area contributed by atoms with Crippen LogP contribution in [0.5, 0.6) is 0 Å². The molecule has 39 heavy (non-hydrogen) atoms. The Labute approximate surface area is 240 Å². The summed E-state index contributed by atoms with van der Waals surface area (Å²) in [5, 5.41) is 6.89. The zero-order valence-electron chi connectivity index (χ0n) is 22.3. The Bertz CT molecular complexity index is 1120. The van der Waals surface area contributed by atoms with Crippen LogP contribution in [-0.4, -0.2) is 80.8 Å². The van der Waals surface area contributed by atoms with Gasteiger partial charge in [0.2, 0.25) is 0 Å². The molecule has 10 heteroatoms. The Balaban J connectivity index is 1.09. The molecule has 3 saturated heterocycles. The van der Waals surface area contributed by atoms with Gasteiger partial charge < -0.3 is 25.2 Å². The van der Waals surface area contributed by atoms with Crippen molar-refractivity contribution < 1.29 is 14.3 Å². The molecule has 3 fully saturated rings. The molecular weight excluding hydrogens is 537 g/mol. The first kappa shape index (κ1) is 28.0. The van der Waals surface area contributed by atoms with Crippen molar-refractivity contribution in [1.29, 1.82) is 0 Å². The molecule has 0 bridgehead atoms. The Morgan fingerprint density at radius 2 is 1.54 bits per heavy atom. The van der Waals surface area contributed by atoms with Crippen LogP contribution in [0.3, 0.4) is 0 Å². The third-order valence-electron chi connectivity index (χ3n) is 7.89. The van der Waals surface area contributed by atoms with Crippen molar-refractivity contribution >= 4 is 46.5 Å². The van der Waals surface area contributed by atoms with Crippen LogP contribution in [0.15, 0.2) is 36.4 Å². The maximum Gasteiger partial charge on any atom is 0.322 e. The molecule has 3 aliphatic rings. The molecule has 0 unspecified atom stereocenters. The van der Waals surface area contributed by atoms with E-state index in [-0.39, 0.29) is 11.9 Å². The van der Waals surface area contributed by atoms with Crippen molar-refractivity contribution in [3.05, 3.63) is 57.6 Å². The van der Waals surface area contributed by atoms with Crippen molar-refractivity contribution in [1.82, 2.24) is 15.1 Å². The van der Waals surface area contributed by atoms with Crippen LogP contribution in [0.1, 0.15) is 41.6 Å². The summed E-state index contributed by atoms with van der Waals surface area (Å²) in [7, 11) is 0. The van der Waals surface area contributed by atoms with Gasteiger partial charge in [-0.05, 0) is 86.7 Å². The number of piperazine rings is 1. The van der Waals surface area contributed by atoms with Crippen LogP contribution in [0, 0.1) is 5.92 Å². The van der Waals surface area contributed by atoms with Crippen LogP contribution in [-0.2, 0) is 11.3 Å². The third kappa shape index (κ3) is 7.37. The summed E-state index contributed by atoms with van der Waals surface area (Å²) in [5.41, 5.74) is 3.21. The highest BCUT2D eigenvalue weighted by atomic mass is 35.5. The number of nitrogens with zero attached hydrogens (tertiary/aromatic N) is 3. The van der Waals surface area contributed by atoms with E-state index >= 15 is 0 Å². The highest BCUT2D eigenvalue weighted by Crippen LogP contribution is 2.33. The highest BCUT2D eigenvalue weighted by molar-refractivity contribution is 6.39. The number of ether oxygens (including phenoxy) is 1. The second-order valence-corrected chi connectivity index (χ2v) is 11.4. The van der Waals surface area contributed by atoms with Crippen molar-refractivity contribution in [3.63, 3.8) is 0 Å². The predicted octanol–water partition coefficient (Wildman–Crippen LogP) is 5.10. The molecule has 2 aromatic rings. The van der Waals surface area contributed by atoms with E-state index in [1.54, 1.807) is 4.90 Å². The average molecular weight is 575 g/mol. The summed E-state index contributed by atoms with van der Waals surface area (Å²) in [6, 6.07) is 11.3. The predicted molar refractivity (Wildman–Crippen MR) is 156 cm³/mol. The molecule has 3 heterocycles. The van der Waals surface area contributed by atoms with E-state index in [1.807, 2.05) is 36.4 Å². The van der Waals surface area contributed by atoms with Crippen LogP contribution >= 0.6 is 23.2 Å². The molecular formula is C29H37Cl2N5O3. The molecule has 2 aromatic carbocycles. The first-order chi connectivity index (χ1) is 19.0. The normalized spacial score (nSPS) is 18.8. The van der Waals surface area contributed by atoms with Gasteiger partial charge in [0.1, 0.15) is 0 Å². The minimum Gasteiger partial charge on any atom is -0.381 e. The van der Waals surface area contributed by atoms with Gasteiger partial charge in [-0.15, -0.1) is 0 Å². The van der Waals surface area contributed by atoms with Crippen molar-refractivity contribution in [3.8, 4) is 0 Å². The molecule has 2 N–H and O–H groups in total. The Hall–Kier alpha value is -2.52. The molecule has 0 aromatic heterocycles. The summed E-state index contributed by atoms with van der Waals surface area (Å²) < 4.78 is 5.39. The second kappa shape index (κ2) is 13.2.